The van der Waals surface area contributed by atoms with Crippen molar-refractivity contribution < 1.29 is 4.42 Å². The Labute approximate surface area is 141 Å². The standard InChI is InChI=1S/2C6H6.C4H6N2O.2C2H6/c2*1-2-4-6-5-3-1;1-3-5-6-4(2)7-3;2*1-2/h2*1-6H;1-2H3;2*1-2H3. The molecule has 0 saturated carbocycles. The molecule has 0 bridgehead atoms. The molecule has 0 atom stereocenters. The minimum absolute atomic E-state index is 0.623. The Balaban J connectivity index is 0. The van der Waals surface area contributed by atoms with Gasteiger partial charge in [-0.1, -0.05) is 100 Å². The van der Waals surface area contributed by atoms with E-state index in [0.717, 1.165) is 0 Å². The molecule has 0 N–H and O–H groups in total. The van der Waals surface area contributed by atoms with Crippen LogP contribution in [-0.4, -0.2) is 10.2 Å². The highest BCUT2D eigenvalue weighted by atomic mass is 16.4. The molecule has 0 aliphatic rings. The van der Waals surface area contributed by atoms with Crippen molar-refractivity contribution in [1.29, 1.82) is 0 Å². The summed E-state index contributed by atoms with van der Waals surface area (Å²) >= 11 is 0. The van der Waals surface area contributed by atoms with Gasteiger partial charge in [-0.3, -0.25) is 0 Å². The van der Waals surface area contributed by atoms with Crippen LogP contribution in [0.1, 0.15) is 39.5 Å². The number of aryl methyl sites for hydroxylation is 2. The summed E-state index contributed by atoms with van der Waals surface area (Å²) in [5.41, 5.74) is 0. The molecule has 3 rings (SSSR count). The van der Waals surface area contributed by atoms with Crippen LogP contribution in [0.4, 0.5) is 0 Å². The second kappa shape index (κ2) is 19.6. The molecule has 0 saturated heterocycles. The molecular formula is C20H30N2O. The predicted molar refractivity (Wildman–Crippen MR) is 99.4 cm³/mol. The fraction of sp³-hybridized carbons (Fsp3) is 0.300. The van der Waals surface area contributed by atoms with Crippen LogP contribution >= 0.6 is 0 Å². The molecule has 0 unspecified atom stereocenters. The Morgan fingerprint density at radius 1 is 0.478 bits per heavy atom. The van der Waals surface area contributed by atoms with E-state index in [-0.39, 0.29) is 0 Å². The highest BCUT2D eigenvalue weighted by Crippen LogP contribution is 1.92. The third-order valence-electron chi connectivity index (χ3n) is 1.96. The SMILES string of the molecule is CC.CC.Cc1nnc(C)o1.c1ccccc1.c1ccccc1. The van der Waals surface area contributed by atoms with Crippen molar-refractivity contribution in [1.82, 2.24) is 10.2 Å². The number of benzene rings is 2. The van der Waals surface area contributed by atoms with Crippen LogP contribution < -0.4 is 0 Å². The second-order valence-corrected chi connectivity index (χ2v) is 3.65. The van der Waals surface area contributed by atoms with Crippen molar-refractivity contribution in [3.05, 3.63) is 84.6 Å². The average molecular weight is 314 g/mol. The van der Waals surface area contributed by atoms with E-state index < -0.39 is 0 Å². The number of rotatable bonds is 0. The van der Waals surface area contributed by atoms with Crippen LogP contribution in [0.25, 0.3) is 0 Å². The van der Waals surface area contributed by atoms with Crippen LogP contribution in [-0.2, 0) is 0 Å². The zero-order chi connectivity index (χ0) is 17.8. The largest absolute Gasteiger partial charge is 0.426 e. The minimum atomic E-state index is 0.623. The van der Waals surface area contributed by atoms with E-state index in [1.165, 1.54) is 0 Å². The third-order valence-corrected chi connectivity index (χ3v) is 1.96. The van der Waals surface area contributed by atoms with Crippen LogP contribution in [0.15, 0.2) is 77.2 Å². The maximum atomic E-state index is 4.86. The Morgan fingerprint density at radius 3 is 0.739 bits per heavy atom. The highest BCUT2D eigenvalue weighted by molar-refractivity contribution is 4.99. The van der Waals surface area contributed by atoms with Gasteiger partial charge in [-0.05, 0) is 0 Å². The summed E-state index contributed by atoms with van der Waals surface area (Å²) in [5, 5.41) is 7.20. The first kappa shape index (κ1) is 22.9. The smallest absolute Gasteiger partial charge is 0.213 e. The van der Waals surface area contributed by atoms with Crippen LogP contribution in [0.2, 0.25) is 0 Å². The molecule has 0 fully saturated rings. The van der Waals surface area contributed by atoms with E-state index in [1.54, 1.807) is 13.8 Å². The molecule has 0 aliphatic carbocycles. The first-order valence-electron chi connectivity index (χ1n) is 8.06. The average Bonchev–Trinajstić information content (AvgIpc) is 3.05. The van der Waals surface area contributed by atoms with Gasteiger partial charge in [0.15, 0.2) is 0 Å². The fourth-order valence-electron chi connectivity index (χ4n) is 1.17. The van der Waals surface area contributed by atoms with Crippen molar-refractivity contribution in [2.45, 2.75) is 41.5 Å². The molecule has 0 spiro atoms. The van der Waals surface area contributed by atoms with Crippen molar-refractivity contribution in [3.8, 4) is 0 Å². The van der Waals surface area contributed by atoms with Gasteiger partial charge in [0.2, 0.25) is 11.8 Å². The van der Waals surface area contributed by atoms with Gasteiger partial charge < -0.3 is 4.42 Å². The van der Waals surface area contributed by atoms with Crippen LogP contribution in [0.5, 0.6) is 0 Å². The number of aromatic nitrogens is 2. The minimum Gasteiger partial charge on any atom is -0.426 e. The quantitative estimate of drug-likeness (QED) is 0.502. The molecule has 0 radical (unpaired) electrons. The van der Waals surface area contributed by atoms with Crippen LogP contribution in [0.3, 0.4) is 0 Å². The topological polar surface area (TPSA) is 38.9 Å². The second-order valence-electron chi connectivity index (χ2n) is 3.65. The van der Waals surface area contributed by atoms with Gasteiger partial charge in [0, 0.05) is 13.8 Å². The molecule has 3 heteroatoms. The van der Waals surface area contributed by atoms with E-state index in [1.807, 2.05) is 100 Å². The predicted octanol–water partition coefficient (Wildman–Crippen LogP) is 6.11. The molecule has 1 heterocycles. The summed E-state index contributed by atoms with van der Waals surface area (Å²) in [5.74, 6) is 1.25. The summed E-state index contributed by atoms with van der Waals surface area (Å²) in [6, 6.07) is 24.0. The normalized spacial score (nSPS) is 7.57. The fourth-order valence-corrected chi connectivity index (χ4v) is 1.17. The number of hydrogen-bond donors (Lipinski definition) is 0. The summed E-state index contributed by atoms with van der Waals surface area (Å²) < 4.78 is 4.86. The third kappa shape index (κ3) is 17.5. The lowest BCUT2D eigenvalue weighted by Gasteiger charge is -1.70. The van der Waals surface area contributed by atoms with Crippen molar-refractivity contribution >= 4 is 0 Å². The van der Waals surface area contributed by atoms with Gasteiger partial charge >= 0.3 is 0 Å². The Hall–Kier alpha value is -2.42. The summed E-state index contributed by atoms with van der Waals surface area (Å²) in [7, 11) is 0. The zero-order valence-corrected chi connectivity index (χ0v) is 15.2. The maximum Gasteiger partial charge on any atom is 0.213 e. The molecule has 2 aromatic carbocycles. The molecule has 0 amide bonds. The lowest BCUT2D eigenvalue weighted by molar-refractivity contribution is 0.489. The van der Waals surface area contributed by atoms with E-state index >= 15 is 0 Å². The molecular weight excluding hydrogens is 284 g/mol. The van der Waals surface area contributed by atoms with E-state index in [0.29, 0.717) is 11.8 Å². The first-order chi connectivity index (χ1) is 11.3. The summed E-state index contributed by atoms with van der Waals surface area (Å²) in [6.45, 7) is 11.5. The van der Waals surface area contributed by atoms with E-state index in [2.05, 4.69) is 10.2 Å². The van der Waals surface area contributed by atoms with Gasteiger partial charge in [0.05, 0.1) is 0 Å². The van der Waals surface area contributed by atoms with Crippen molar-refractivity contribution in [2.75, 3.05) is 0 Å². The van der Waals surface area contributed by atoms with Gasteiger partial charge in [-0.25, -0.2) is 0 Å². The van der Waals surface area contributed by atoms with Gasteiger partial charge in [-0.15, -0.1) is 10.2 Å². The van der Waals surface area contributed by atoms with Gasteiger partial charge in [0.1, 0.15) is 0 Å². The summed E-state index contributed by atoms with van der Waals surface area (Å²) in [4.78, 5) is 0. The van der Waals surface area contributed by atoms with Crippen LogP contribution in [0, 0.1) is 13.8 Å². The molecule has 0 aliphatic heterocycles. The monoisotopic (exact) mass is 314 g/mol. The lowest BCUT2D eigenvalue weighted by Crippen LogP contribution is -1.68. The molecule has 126 valence electrons. The van der Waals surface area contributed by atoms with Crippen molar-refractivity contribution in [2.24, 2.45) is 0 Å². The molecule has 3 nitrogen and oxygen atoms in total. The first-order valence-corrected chi connectivity index (χ1v) is 8.06. The lowest BCUT2D eigenvalue weighted by atomic mass is 10.4. The Morgan fingerprint density at radius 2 is 0.652 bits per heavy atom. The molecule has 23 heavy (non-hydrogen) atoms. The number of hydrogen-bond acceptors (Lipinski definition) is 3. The van der Waals surface area contributed by atoms with Gasteiger partial charge in [0.25, 0.3) is 0 Å². The molecule has 3 aromatic rings. The van der Waals surface area contributed by atoms with Gasteiger partial charge in [-0.2, -0.15) is 0 Å². The number of nitrogens with zero attached hydrogens (tertiary/aromatic N) is 2. The zero-order valence-electron chi connectivity index (χ0n) is 15.2. The Bertz CT molecular complexity index is 420. The van der Waals surface area contributed by atoms with E-state index in [4.69, 9.17) is 4.42 Å². The van der Waals surface area contributed by atoms with Crippen molar-refractivity contribution in [3.63, 3.8) is 0 Å². The highest BCUT2D eigenvalue weighted by Gasteiger charge is 1.89. The Kier molecular flexibility index (Phi) is 19.5. The molecule has 1 aromatic heterocycles. The van der Waals surface area contributed by atoms with E-state index in [9.17, 15) is 0 Å². The summed E-state index contributed by atoms with van der Waals surface area (Å²) in [6.07, 6.45) is 0. The maximum absolute atomic E-state index is 4.86.